The lowest BCUT2D eigenvalue weighted by molar-refractivity contribution is 0.0778. The lowest BCUT2D eigenvalue weighted by Crippen LogP contribution is -2.23. The van der Waals surface area contributed by atoms with Crippen molar-refractivity contribution in [2.75, 3.05) is 13.7 Å². The van der Waals surface area contributed by atoms with Gasteiger partial charge >= 0.3 is 0 Å². The van der Waals surface area contributed by atoms with Crippen LogP contribution < -0.4 is 4.74 Å². The Balaban J connectivity index is 1.83. The summed E-state index contributed by atoms with van der Waals surface area (Å²) in [5.41, 5.74) is 1.93. The second kappa shape index (κ2) is 5.93. The van der Waals surface area contributed by atoms with E-state index in [1.165, 1.54) is 23.2 Å². The highest BCUT2D eigenvalue weighted by Gasteiger charge is 2.23. The molecule has 2 aromatic rings. The molecular weight excluding hydrogens is 285 g/mol. The Labute approximate surface area is 127 Å². The van der Waals surface area contributed by atoms with E-state index in [4.69, 9.17) is 4.74 Å². The molecule has 1 aliphatic rings. The molecule has 0 saturated heterocycles. The molecule has 1 amide bonds. The molecule has 0 unspecified atom stereocenters. The normalized spacial score (nSPS) is 13.9. The van der Waals surface area contributed by atoms with E-state index in [0.29, 0.717) is 18.8 Å². The molecule has 112 valence electrons. The van der Waals surface area contributed by atoms with Crippen LogP contribution in [0.1, 0.15) is 22.3 Å². The van der Waals surface area contributed by atoms with Crippen molar-refractivity contribution in [1.29, 1.82) is 0 Å². The largest absolute Gasteiger partial charge is 0.481 e. The molecule has 5 nitrogen and oxygen atoms in total. The molecule has 2 heterocycles. The van der Waals surface area contributed by atoms with Crippen molar-refractivity contribution in [2.45, 2.75) is 6.42 Å². The highest BCUT2D eigenvalue weighted by molar-refractivity contribution is 6.04. The molecule has 3 rings (SSSR count). The number of aromatic nitrogens is 1. The first-order valence-corrected chi connectivity index (χ1v) is 6.83. The van der Waals surface area contributed by atoms with E-state index in [0.717, 1.165) is 11.3 Å². The van der Waals surface area contributed by atoms with Crippen molar-refractivity contribution in [3.8, 4) is 5.88 Å². The van der Waals surface area contributed by atoms with Crippen molar-refractivity contribution in [1.82, 2.24) is 9.99 Å². The van der Waals surface area contributed by atoms with Gasteiger partial charge < -0.3 is 4.74 Å². The maximum atomic E-state index is 13.2. The van der Waals surface area contributed by atoms with Crippen LogP contribution >= 0.6 is 0 Å². The van der Waals surface area contributed by atoms with Gasteiger partial charge in [0.05, 0.1) is 19.4 Å². The van der Waals surface area contributed by atoms with Crippen LogP contribution in [0.15, 0.2) is 47.7 Å². The number of hydrogen-bond donors (Lipinski definition) is 0. The van der Waals surface area contributed by atoms with Gasteiger partial charge in [0.15, 0.2) is 0 Å². The Morgan fingerprint density at radius 2 is 2.18 bits per heavy atom. The number of nitrogens with zero attached hydrogens (tertiary/aromatic N) is 3. The zero-order valence-corrected chi connectivity index (χ0v) is 12.0. The summed E-state index contributed by atoms with van der Waals surface area (Å²) >= 11 is 0. The quantitative estimate of drug-likeness (QED) is 0.875. The Morgan fingerprint density at radius 1 is 1.32 bits per heavy atom. The molecule has 1 aromatic carbocycles. The lowest BCUT2D eigenvalue weighted by Gasteiger charge is -2.11. The topological polar surface area (TPSA) is 54.8 Å². The minimum atomic E-state index is -0.437. The molecule has 0 spiro atoms. The number of benzene rings is 1. The predicted octanol–water partition coefficient (Wildman–Crippen LogP) is 2.48. The number of carbonyl (C=O) groups is 1. The molecule has 1 aromatic heterocycles. The van der Waals surface area contributed by atoms with Crippen LogP contribution in [-0.4, -0.2) is 35.3 Å². The average Bonchev–Trinajstić information content (AvgIpc) is 3.04. The zero-order chi connectivity index (χ0) is 15.5. The van der Waals surface area contributed by atoms with Crippen molar-refractivity contribution < 1.29 is 13.9 Å². The summed E-state index contributed by atoms with van der Waals surface area (Å²) in [6, 6.07) is 9.20. The monoisotopic (exact) mass is 299 g/mol. The fourth-order valence-electron chi connectivity index (χ4n) is 2.28. The summed E-state index contributed by atoms with van der Waals surface area (Å²) in [6.45, 7) is 0.468. The van der Waals surface area contributed by atoms with E-state index < -0.39 is 5.82 Å². The summed E-state index contributed by atoms with van der Waals surface area (Å²) in [6.07, 6.45) is 2.27. The van der Waals surface area contributed by atoms with Gasteiger partial charge in [-0.15, -0.1) is 0 Å². The third kappa shape index (κ3) is 2.81. The Kier molecular flexibility index (Phi) is 3.82. The van der Waals surface area contributed by atoms with Crippen LogP contribution in [0.3, 0.4) is 0 Å². The highest BCUT2D eigenvalue weighted by Crippen LogP contribution is 2.18. The third-order valence-electron chi connectivity index (χ3n) is 3.39. The molecule has 22 heavy (non-hydrogen) atoms. The van der Waals surface area contributed by atoms with Gasteiger partial charge in [0.25, 0.3) is 5.91 Å². The van der Waals surface area contributed by atoms with Crippen molar-refractivity contribution in [3.05, 3.63) is 59.5 Å². The summed E-state index contributed by atoms with van der Waals surface area (Å²) in [5, 5.41) is 5.69. The van der Waals surface area contributed by atoms with Crippen LogP contribution in [0.4, 0.5) is 4.39 Å². The Hall–Kier alpha value is -2.76. The van der Waals surface area contributed by atoms with Crippen LogP contribution in [-0.2, 0) is 0 Å². The van der Waals surface area contributed by atoms with E-state index in [-0.39, 0.29) is 11.5 Å². The molecule has 0 aliphatic carbocycles. The number of amides is 1. The molecule has 0 atom stereocenters. The van der Waals surface area contributed by atoms with E-state index in [1.807, 2.05) is 6.07 Å². The summed E-state index contributed by atoms with van der Waals surface area (Å²) in [4.78, 5) is 16.4. The van der Waals surface area contributed by atoms with Gasteiger partial charge in [0.1, 0.15) is 5.82 Å². The molecule has 0 N–H and O–H groups in total. The molecule has 1 aliphatic heterocycles. The van der Waals surface area contributed by atoms with Crippen LogP contribution in [0, 0.1) is 5.82 Å². The van der Waals surface area contributed by atoms with Crippen LogP contribution in [0.2, 0.25) is 0 Å². The van der Waals surface area contributed by atoms with Crippen molar-refractivity contribution >= 4 is 11.6 Å². The van der Waals surface area contributed by atoms with Gasteiger partial charge in [-0.3, -0.25) is 4.79 Å². The van der Waals surface area contributed by atoms with Gasteiger partial charge in [-0.05, 0) is 24.3 Å². The molecule has 0 saturated carbocycles. The number of ether oxygens (including phenoxy) is 1. The maximum absolute atomic E-state index is 13.2. The van der Waals surface area contributed by atoms with Gasteiger partial charge in [0.2, 0.25) is 5.88 Å². The number of hydrazone groups is 1. The molecule has 0 fully saturated rings. The summed E-state index contributed by atoms with van der Waals surface area (Å²) < 4.78 is 18.3. The van der Waals surface area contributed by atoms with Crippen LogP contribution in [0.25, 0.3) is 0 Å². The fourth-order valence-corrected chi connectivity index (χ4v) is 2.28. The van der Waals surface area contributed by atoms with E-state index >= 15 is 0 Å². The summed E-state index contributed by atoms with van der Waals surface area (Å²) in [7, 11) is 1.54. The number of methoxy groups -OCH3 is 1. The second-order valence-corrected chi connectivity index (χ2v) is 4.82. The Bertz CT molecular complexity index is 746. The minimum absolute atomic E-state index is 0.289. The number of rotatable bonds is 3. The lowest BCUT2D eigenvalue weighted by atomic mass is 10.1. The van der Waals surface area contributed by atoms with Crippen LogP contribution in [0.5, 0.6) is 5.88 Å². The van der Waals surface area contributed by atoms with Crippen molar-refractivity contribution in [2.24, 2.45) is 5.10 Å². The highest BCUT2D eigenvalue weighted by atomic mass is 19.1. The SMILES string of the molecule is COc1cc(C2=NN(C(=O)c3cccc(F)c3)CC2)ccn1. The standard InChI is InChI=1S/C16H14FN3O2/c1-22-15-10-11(5-7-18-15)14-6-8-20(19-14)16(21)12-3-2-4-13(17)9-12/h2-5,7,9-10H,6,8H2,1H3. The molecule has 6 heteroatoms. The maximum Gasteiger partial charge on any atom is 0.274 e. The molecule has 0 bridgehead atoms. The predicted molar refractivity (Wildman–Crippen MR) is 79.4 cm³/mol. The first-order chi connectivity index (χ1) is 10.7. The second-order valence-electron chi connectivity index (χ2n) is 4.82. The third-order valence-corrected chi connectivity index (χ3v) is 3.39. The zero-order valence-electron chi connectivity index (χ0n) is 12.0. The first-order valence-electron chi connectivity index (χ1n) is 6.83. The Morgan fingerprint density at radius 3 is 2.95 bits per heavy atom. The summed E-state index contributed by atoms with van der Waals surface area (Å²) in [5.74, 6) is -0.251. The van der Waals surface area contributed by atoms with E-state index in [1.54, 1.807) is 25.4 Å². The smallest absolute Gasteiger partial charge is 0.274 e. The van der Waals surface area contributed by atoms with Gasteiger partial charge in [0, 0.05) is 29.8 Å². The first kappa shape index (κ1) is 14.2. The minimum Gasteiger partial charge on any atom is -0.481 e. The molecular formula is C16H14FN3O2. The van der Waals surface area contributed by atoms with Gasteiger partial charge in [-0.1, -0.05) is 6.07 Å². The van der Waals surface area contributed by atoms with Gasteiger partial charge in [-0.25, -0.2) is 14.4 Å². The fraction of sp³-hybridized carbons (Fsp3) is 0.188. The number of pyridine rings is 1. The average molecular weight is 299 g/mol. The van der Waals surface area contributed by atoms with E-state index in [2.05, 4.69) is 10.1 Å². The van der Waals surface area contributed by atoms with Gasteiger partial charge in [-0.2, -0.15) is 5.10 Å². The van der Waals surface area contributed by atoms with Crippen molar-refractivity contribution in [3.63, 3.8) is 0 Å². The number of carbonyl (C=O) groups excluding carboxylic acids is 1. The number of halogens is 1. The van der Waals surface area contributed by atoms with E-state index in [9.17, 15) is 9.18 Å². The number of hydrogen-bond acceptors (Lipinski definition) is 4. The molecule has 0 radical (unpaired) electrons.